The van der Waals surface area contributed by atoms with Crippen LogP contribution in [0.1, 0.15) is 0 Å². The van der Waals surface area contributed by atoms with E-state index in [9.17, 15) is 0 Å². The second kappa shape index (κ2) is 5.33. The van der Waals surface area contributed by atoms with Gasteiger partial charge in [0.05, 0.1) is 28.5 Å². The van der Waals surface area contributed by atoms with Gasteiger partial charge in [0.25, 0.3) is 0 Å². The molecule has 2 rings (SSSR count). The summed E-state index contributed by atoms with van der Waals surface area (Å²) < 4.78 is 5.78. The molecule has 0 aliphatic rings. The van der Waals surface area contributed by atoms with Gasteiger partial charge in [0.1, 0.15) is 0 Å². The van der Waals surface area contributed by atoms with Gasteiger partial charge in [-0.05, 0) is 28.1 Å². The summed E-state index contributed by atoms with van der Waals surface area (Å²) in [5, 5.41) is 3.63. The van der Waals surface area contributed by atoms with Gasteiger partial charge < -0.3 is 10.1 Å². The van der Waals surface area contributed by atoms with Gasteiger partial charge in [0.15, 0.2) is 0 Å². The highest BCUT2D eigenvalue weighted by Gasteiger charge is 2.06. The zero-order chi connectivity index (χ0) is 12.3. The first-order chi connectivity index (χ1) is 8.20. The van der Waals surface area contributed by atoms with E-state index >= 15 is 0 Å². The third-order valence-electron chi connectivity index (χ3n) is 2.03. The van der Waals surface area contributed by atoms with Gasteiger partial charge in [-0.3, -0.25) is 0 Å². The van der Waals surface area contributed by atoms with E-state index in [2.05, 4.69) is 31.2 Å². The average molecular weight is 315 g/mol. The summed E-state index contributed by atoms with van der Waals surface area (Å²) in [7, 11) is 1.55. The fourth-order valence-corrected chi connectivity index (χ4v) is 1.77. The molecule has 0 fully saturated rings. The number of methoxy groups -OCH3 is 1. The Kier molecular flexibility index (Phi) is 3.81. The molecule has 17 heavy (non-hydrogen) atoms. The van der Waals surface area contributed by atoms with E-state index in [4.69, 9.17) is 16.3 Å². The first kappa shape index (κ1) is 12.1. The molecule has 0 spiro atoms. The van der Waals surface area contributed by atoms with Crippen LogP contribution in [-0.2, 0) is 0 Å². The van der Waals surface area contributed by atoms with E-state index in [-0.39, 0.29) is 0 Å². The number of nitrogens with zero attached hydrogens (tertiary/aromatic N) is 2. The molecule has 1 aromatic carbocycles. The van der Waals surface area contributed by atoms with Gasteiger partial charge in [0.2, 0.25) is 11.8 Å². The molecule has 0 radical (unpaired) electrons. The van der Waals surface area contributed by atoms with Crippen LogP contribution in [0, 0.1) is 0 Å². The summed E-state index contributed by atoms with van der Waals surface area (Å²) >= 11 is 9.31. The van der Waals surface area contributed by atoms with Crippen LogP contribution < -0.4 is 10.1 Å². The normalized spacial score (nSPS) is 10.1. The van der Waals surface area contributed by atoms with Crippen LogP contribution in [0.2, 0.25) is 5.02 Å². The summed E-state index contributed by atoms with van der Waals surface area (Å²) in [6, 6.07) is 7.38. The van der Waals surface area contributed by atoms with Crippen molar-refractivity contribution in [3.63, 3.8) is 0 Å². The SMILES string of the molecule is COc1nc(Nc2ccccc2Cl)ncc1Br. The number of para-hydroxylation sites is 1. The molecular weight excluding hydrogens is 305 g/mol. The molecule has 0 saturated carbocycles. The zero-order valence-corrected chi connectivity index (χ0v) is 11.3. The topological polar surface area (TPSA) is 47.0 Å². The minimum absolute atomic E-state index is 0.429. The van der Waals surface area contributed by atoms with Crippen LogP contribution in [-0.4, -0.2) is 17.1 Å². The summed E-state index contributed by atoms with van der Waals surface area (Å²) in [5.41, 5.74) is 0.749. The lowest BCUT2D eigenvalue weighted by Crippen LogP contribution is -1.99. The second-order valence-corrected chi connectivity index (χ2v) is 4.42. The molecule has 0 aliphatic carbocycles. The van der Waals surface area contributed by atoms with Crippen molar-refractivity contribution in [1.29, 1.82) is 0 Å². The molecule has 1 heterocycles. The quantitative estimate of drug-likeness (QED) is 0.939. The highest BCUT2D eigenvalue weighted by molar-refractivity contribution is 9.10. The fraction of sp³-hybridized carbons (Fsp3) is 0.0909. The molecule has 0 bridgehead atoms. The molecule has 4 nitrogen and oxygen atoms in total. The number of hydrogen-bond acceptors (Lipinski definition) is 4. The highest BCUT2D eigenvalue weighted by Crippen LogP contribution is 2.26. The molecule has 0 amide bonds. The molecule has 0 unspecified atom stereocenters. The largest absolute Gasteiger partial charge is 0.480 e. The lowest BCUT2D eigenvalue weighted by molar-refractivity contribution is 0.394. The molecule has 0 saturated heterocycles. The monoisotopic (exact) mass is 313 g/mol. The summed E-state index contributed by atoms with van der Waals surface area (Å²) in [5.74, 6) is 0.896. The first-order valence-electron chi connectivity index (χ1n) is 4.79. The van der Waals surface area contributed by atoms with Crippen LogP contribution in [0.5, 0.6) is 5.88 Å². The van der Waals surface area contributed by atoms with Crippen molar-refractivity contribution in [2.45, 2.75) is 0 Å². The number of anilines is 2. The van der Waals surface area contributed by atoms with Crippen LogP contribution in [0.15, 0.2) is 34.9 Å². The average Bonchev–Trinajstić information content (AvgIpc) is 2.34. The lowest BCUT2D eigenvalue weighted by Gasteiger charge is -2.08. The van der Waals surface area contributed by atoms with Crippen molar-refractivity contribution in [3.8, 4) is 5.88 Å². The summed E-state index contributed by atoms with van der Waals surface area (Å²) in [6.07, 6.45) is 1.62. The van der Waals surface area contributed by atoms with Crippen LogP contribution in [0.3, 0.4) is 0 Å². The first-order valence-corrected chi connectivity index (χ1v) is 5.96. The molecular formula is C11H9BrClN3O. The van der Waals surface area contributed by atoms with E-state index in [1.165, 1.54) is 0 Å². The van der Waals surface area contributed by atoms with Crippen LogP contribution in [0.4, 0.5) is 11.6 Å². The molecule has 88 valence electrons. The van der Waals surface area contributed by atoms with E-state index < -0.39 is 0 Å². The van der Waals surface area contributed by atoms with Gasteiger partial charge >= 0.3 is 0 Å². The number of benzene rings is 1. The Labute approximate surface area is 112 Å². The number of hydrogen-bond donors (Lipinski definition) is 1. The molecule has 0 aliphatic heterocycles. The second-order valence-electron chi connectivity index (χ2n) is 3.16. The Morgan fingerprint density at radius 3 is 2.82 bits per heavy atom. The minimum atomic E-state index is 0.429. The van der Waals surface area contributed by atoms with Gasteiger partial charge in [0, 0.05) is 0 Å². The smallest absolute Gasteiger partial charge is 0.232 e. The van der Waals surface area contributed by atoms with Crippen molar-refractivity contribution < 1.29 is 4.74 Å². The molecule has 0 atom stereocenters. The zero-order valence-electron chi connectivity index (χ0n) is 8.95. The standard InChI is InChI=1S/C11H9BrClN3O/c1-17-10-7(12)6-14-11(16-10)15-9-5-3-2-4-8(9)13/h2-6H,1H3,(H,14,15,16). The maximum Gasteiger partial charge on any atom is 0.232 e. The Balaban J connectivity index is 2.28. The third kappa shape index (κ3) is 2.87. The maximum absolute atomic E-state index is 6.02. The van der Waals surface area contributed by atoms with Gasteiger partial charge in [-0.1, -0.05) is 23.7 Å². The van der Waals surface area contributed by atoms with Crippen molar-refractivity contribution in [2.24, 2.45) is 0 Å². The van der Waals surface area contributed by atoms with Crippen LogP contribution >= 0.6 is 27.5 Å². The Bertz CT molecular complexity index is 536. The lowest BCUT2D eigenvalue weighted by atomic mass is 10.3. The molecule has 1 N–H and O–H groups in total. The number of ether oxygens (including phenoxy) is 1. The van der Waals surface area contributed by atoms with Crippen LogP contribution in [0.25, 0.3) is 0 Å². The highest BCUT2D eigenvalue weighted by atomic mass is 79.9. The van der Waals surface area contributed by atoms with E-state index in [0.29, 0.717) is 21.3 Å². The molecule has 2 aromatic rings. The predicted molar refractivity (Wildman–Crippen MR) is 71.0 cm³/mol. The fourth-order valence-electron chi connectivity index (χ4n) is 1.24. The van der Waals surface area contributed by atoms with E-state index in [1.807, 2.05) is 18.2 Å². The number of rotatable bonds is 3. The molecule has 1 aromatic heterocycles. The summed E-state index contributed by atoms with van der Waals surface area (Å²) in [6.45, 7) is 0. The third-order valence-corrected chi connectivity index (χ3v) is 2.90. The van der Waals surface area contributed by atoms with Gasteiger partial charge in [-0.25, -0.2) is 4.98 Å². The number of aromatic nitrogens is 2. The maximum atomic E-state index is 6.02. The molecule has 6 heteroatoms. The predicted octanol–water partition coefficient (Wildman–Crippen LogP) is 3.64. The summed E-state index contributed by atoms with van der Waals surface area (Å²) in [4.78, 5) is 8.29. The van der Waals surface area contributed by atoms with Gasteiger partial charge in [-0.2, -0.15) is 4.98 Å². The Hall–Kier alpha value is -1.33. The van der Waals surface area contributed by atoms with Crippen molar-refractivity contribution in [1.82, 2.24) is 9.97 Å². The van der Waals surface area contributed by atoms with E-state index in [1.54, 1.807) is 19.4 Å². The van der Waals surface area contributed by atoms with Crippen molar-refractivity contribution in [3.05, 3.63) is 40.0 Å². The Morgan fingerprint density at radius 1 is 1.35 bits per heavy atom. The van der Waals surface area contributed by atoms with Crippen molar-refractivity contribution >= 4 is 39.2 Å². The number of nitrogens with one attached hydrogen (secondary N) is 1. The Morgan fingerprint density at radius 2 is 2.12 bits per heavy atom. The minimum Gasteiger partial charge on any atom is -0.480 e. The van der Waals surface area contributed by atoms with Crippen molar-refractivity contribution in [2.75, 3.05) is 12.4 Å². The van der Waals surface area contributed by atoms with Gasteiger partial charge in [-0.15, -0.1) is 0 Å². The number of halogens is 2. The van der Waals surface area contributed by atoms with E-state index in [0.717, 1.165) is 5.69 Å².